The van der Waals surface area contributed by atoms with Gasteiger partial charge in [0, 0.05) is 31.2 Å². The van der Waals surface area contributed by atoms with Crippen LogP contribution in [-0.4, -0.2) is 40.7 Å². The van der Waals surface area contributed by atoms with Crippen LogP contribution in [0.1, 0.15) is 21.5 Å². The van der Waals surface area contributed by atoms with Crippen LogP contribution in [0.5, 0.6) is 0 Å². The fourth-order valence-electron chi connectivity index (χ4n) is 3.23. The molecule has 0 aliphatic carbocycles. The van der Waals surface area contributed by atoms with Crippen molar-refractivity contribution in [1.82, 2.24) is 19.9 Å². The quantitative estimate of drug-likeness (QED) is 0.318. The lowest BCUT2D eigenvalue weighted by Crippen LogP contribution is -2.26. The fourth-order valence-corrected chi connectivity index (χ4v) is 4.18. The first-order valence-electron chi connectivity index (χ1n) is 10.1. The molecule has 0 saturated carbocycles. The van der Waals surface area contributed by atoms with Gasteiger partial charge in [-0.05, 0) is 35.4 Å². The van der Waals surface area contributed by atoms with Crippen LogP contribution in [0.15, 0.2) is 78.1 Å². The van der Waals surface area contributed by atoms with E-state index in [1.54, 1.807) is 25.1 Å². The Morgan fingerprint density at radius 2 is 1.84 bits per heavy atom. The fraction of sp³-hybridized carbons (Fsp3) is 0.208. The van der Waals surface area contributed by atoms with Gasteiger partial charge in [0.1, 0.15) is 5.52 Å². The number of aromatic nitrogens is 3. The number of thioether (sulfide) groups is 1. The molecule has 1 N–H and O–H groups in total. The number of benzene rings is 2. The molecule has 0 saturated heterocycles. The molecule has 0 spiro atoms. The predicted molar refractivity (Wildman–Crippen MR) is 123 cm³/mol. The summed E-state index contributed by atoms with van der Waals surface area (Å²) < 4.78 is 7.12. The average molecular weight is 433 g/mol. The molecule has 0 fully saturated rings. The number of hydrogen-bond acceptors (Lipinski definition) is 5. The van der Waals surface area contributed by atoms with Gasteiger partial charge in [-0.2, -0.15) is 0 Å². The van der Waals surface area contributed by atoms with E-state index < -0.39 is 0 Å². The van der Waals surface area contributed by atoms with Gasteiger partial charge < -0.3 is 10.1 Å². The lowest BCUT2D eigenvalue weighted by molar-refractivity contribution is 0.0937. The molecule has 2 heterocycles. The maximum absolute atomic E-state index is 12.1. The zero-order valence-electron chi connectivity index (χ0n) is 17.3. The first-order valence-corrected chi connectivity index (χ1v) is 11.1. The van der Waals surface area contributed by atoms with E-state index in [1.165, 1.54) is 5.56 Å². The van der Waals surface area contributed by atoms with Crippen LogP contribution >= 0.6 is 11.8 Å². The van der Waals surface area contributed by atoms with Crippen LogP contribution in [0.4, 0.5) is 0 Å². The summed E-state index contributed by atoms with van der Waals surface area (Å²) in [6.07, 6.45) is 1.80. The minimum Gasteiger partial charge on any atom is -0.383 e. The number of fused-ring (bicyclic) bond motifs is 1. The van der Waals surface area contributed by atoms with Gasteiger partial charge >= 0.3 is 0 Å². The lowest BCUT2D eigenvalue weighted by Gasteiger charge is -2.09. The second kappa shape index (κ2) is 10.2. The number of carbonyl (C=O) groups is 1. The summed E-state index contributed by atoms with van der Waals surface area (Å²) in [6.45, 7) is 1.72. The molecule has 0 unspecified atom stereocenters. The van der Waals surface area contributed by atoms with Crippen molar-refractivity contribution in [2.24, 2.45) is 0 Å². The molecule has 0 aliphatic heterocycles. The third kappa shape index (κ3) is 5.31. The molecule has 0 bridgehead atoms. The second-order valence-corrected chi connectivity index (χ2v) is 7.99. The lowest BCUT2D eigenvalue weighted by atomic mass is 10.1. The van der Waals surface area contributed by atoms with E-state index in [1.807, 2.05) is 54.6 Å². The Hall–Kier alpha value is -3.16. The number of pyridine rings is 1. The molecule has 2 aromatic heterocycles. The molecule has 2 aromatic carbocycles. The van der Waals surface area contributed by atoms with Crippen molar-refractivity contribution in [1.29, 1.82) is 0 Å². The van der Waals surface area contributed by atoms with E-state index in [2.05, 4.69) is 27.0 Å². The van der Waals surface area contributed by atoms with Crippen LogP contribution in [0, 0.1) is 0 Å². The second-order valence-electron chi connectivity index (χ2n) is 7.05. The minimum atomic E-state index is -0.0908. The minimum absolute atomic E-state index is 0.0908. The first kappa shape index (κ1) is 21.1. The van der Waals surface area contributed by atoms with Crippen molar-refractivity contribution in [2.75, 3.05) is 20.3 Å². The maximum Gasteiger partial charge on any atom is 0.251 e. The number of hydrogen-bond donors (Lipinski definition) is 1. The zero-order valence-corrected chi connectivity index (χ0v) is 18.1. The number of nitrogens with zero attached hydrogens (tertiary/aromatic N) is 3. The summed E-state index contributed by atoms with van der Waals surface area (Å²) in [5.74, 6) is 0.663. The average Bonchev–Trinajstić information content (AvgIpc) is 3.16. The Balaban J connectivity index is 1.47. The van der Waals surface area contributed by atoms with Gasteiger partial charge in [0.15, 0.2) is 10.8 Å². The largest absolute Gasteiger partial charge is 0.383 e. The van der Waals surface area contributed by atoms with Gasteiger partial charge in [0.05, 0.1) is 13.2 Å². The topological polar surface area (TPSA) is 69.0 Å². The Bertz CT molecular complexity index is 1140. The van der Waals surface area contributed by atoms with Gasteiger partial charge in [-0.25, -0.2) is 9.97 Å². The summed E-state index contributed by atoms with van der Waals surface area (Å²) in [5, 5.41) is 3.76. The van der Waals surface area contributed by atoms with Gasteiger partial charge in [-0.15, -0.1) is 0 Å². The van der Waals surface area contributed by atoms with E-state index in [4.69, 9.17) is 9.72 Å². The van der Waals surface area contributed by atoms with Crippen LogP contribution in [-0.2, 0) is 17.0 Å². The summed E-state index contributed by atoms with van der Waals surface area (Å²) >= 11 is 1.67. The number of methoxy groups -OCH3 is 1. The summed E-state index contributed by atoms with van der Waals surface area (Å²) in [6, 6.07) is 21.9. The molecule has 0 atom stereocenters. The van der Waals surface area contributed by atoms with Gasteiger partial charge in [-0.3, -0.25) is 9.36 Å². The number of ether oxygens (including phenoxy) is 1. The Morgan fingerprint density at radius 3 is 2.61 bits per heavy atom. The van der Waals surface area contributed by atoms with Crippen molar-refractivity contribution >= 4 is 28.8 Å². The number of nitrogens with one attached hydrogen (secondary N) is 1. The SMILES string of the molecule is COCCNC(=O)c1ccc(CSc2nc3cccnc3n2Cc2ccccc2)cc1. The molecule has 1 amide bonds. The van der Waals surface area contributed by atoms with Gasteiger partial charge in [-0.1, -0.05) is 54.2 Å². The van der Waals surface area contributed by atoms with E-state index >= 15 is 0 Å². The van der Waals surface area contributed by atoms with E-state index in [0.29, 0.717) is 18.7 Å². The van der Waals surface area contributed by atoms with Crippen LogP contribution < -0.4 is 5.32 Å². The van der Waals surface area contributed by atoms with Gasteiger partial charge in [0.25, 0.3) is 5.91 Å². The highest BCUT2D eigenvalue weighted by molar-refractivity contribution is 7.98. The third-order valence-electron chi connectivity index (χ3n) is 4.83. The monoisotopic (exact) mass is 432 g/mol. The standard InChI is InChI=1S/C24H24N4O2S/c1-30-15-14-26-23(29)20-11-9-19(10-12-20)17-31-24-27-21-8-5-13-25-22(21)28(24)16-18-6-3-2-4-7-18/h2-13H,14-17H2,1H3,(H,26,29). The number of imidazole rings is 1. The van der Waals surface area contributed by atoms with Crippen LogP contribution in [0.2, 0.25) is 0 Å². The molecule has 4 rings (SSSR count). The van der Waals surface area contributed by atoms with E-state index in [0.717, 1.165) is 34.2 Å². The third-order valence-corrected chi connectivity index (χ3v) is 5.88. The molecule has 7 heteroatoms. The molecule has 31 heavy (non-hydrogen) atoms. The summed E-state index contributed by atoms with van der Waals surface area (Å²) in [5.41, 5.74) is 4.76. The number of amides is 1. The molecule has 158 valence electrons. The highest BCUT2D eigenvalue weighted by Gasteiger charge is 2.13. The first-order chi connectivity index (χ1) is 15.2. The molecular formula is C24H24N4O2S. The highest BCUT2D eigenvalue weighted by atomic mass is 32.2. The van der Waals surface area contributed by atoms with E-state index in [9.17, 15) is 4.79 Å². The highest BCUT2D eigenvalue weighted by Crippen LogP contribution is 2.27. The van der Waals surface area contributed by atoms with Crippen molar-refractivity contribution in [2.45, 2.75) is 17.5 Å². The molecule has 4 aromatic rings. The van der Waals surface area contributed by atoms with E-state index in [-0.39, 0.29) is 5.91 Å². The Morgan fingerprint density at radius 1 is 1.03 bits per heavy atom. The summed E-state index contributed by atoms with van der Waals surface area (Å²) in [4.78, 5) is 21.5. The Labute approximate surface area is 185 Å². The van der Waals surface area contributed by atoms with Crippen molar-refractivity contribution in [3.05, 3.63) is 89.6 Å². The normalized spacial score (nSPS) is 11.0. The number of carbonyl (C=O) groups excluding carboxylic acids is 1. The summed E-state index contributed by atoms with van der Waals surface area (Å²) in [7, 11) is 1.61. The van der Waals surface area contributed by atoms with Gasteiger partial charge in [0.2, 0.25) is 0 Å². The van der Waals surface area contributed by atoms with Crippen molar-refractivity contribution < 1.29 is 9.53 Å². The number of rotatable bonds is 9. The van der Waals surface area contributed by atoms with Crippen molar-refractivity contribution in [3.63, 3.8) is 0 Å². The smallest absolute Gasteiger partial charge is 0.251 e. The Kier molecular flexibility index (Phi) is 6.96. The van der Waals surface area contributed by atoms with Crippen LogP contribution in [0.25, 0.3) is 11.2 Å². The molecule has 0 aliphatic rings. The predicted octanol–water partition coefficient (Wildman–Crippen LogP) is 4.15. The molecular weight excluding hydrogens is 408 g/mol. The molecule has 0 radical (unpaired) electrons. The molecule has 6 nitrogen and oxygen atoms in total. The zero-order chi connectivity index (χ0) is 21.5. The van der Waals surface area contributed by atoms with Crippen molar-refractivity contribution in [3.8, 4) is 0 Å². The maximum atomic E-state index is 12.1. The van der Waals surface area contributed by atoms with Crippen LogP contribution in [0.3, 0.4) is 0 Å².